The molecule has 0 saturated heterocycles. The highest BCUT2D eigenvalue weighted by Gasteiger charge is 2.28. The van der Waals surface area contributed by atoms with Crippen LogP contribution < -0.4 is 0 Å². The highest BCUT2D eigenvalue weighted by atomic mass is 32.1. The Kier molecular flexibility index (Phi) is 2.36. The number of rotatable bonds is 2. The van der Waals surface area contributed by atoms with Crippen molar-refractivity contribution in [2.75, 3.05) is 0 Å². The normalized spacial score (nSPS) is 13.5. The molecule has 3 nitrogen and oxygen atoms in total. The molecule has 90 valence electrons. The Balaban J connectivity index is 2.14. The van der Waals surface area contributed by atoms with Crippen molar-refractivity contribution in [1.82, 2.24) is 14.8 Å². The van der Waals surface area contributed by atoms with Crippen molar-refractivity contribution in [3.8, 4) is 10.6 Å². The standard InChI is InChI=1S/C13H17N3S/c1-7(2)13-15-10-5-9-6-14-16(8(3)4)11(9)12(10)17-13/h6-8H,5H2,1-4H3. The first-order chi connectivity index (χ1) is 8.08. The lowest BCUT2D eigenvalue weighted by Gasteiger charge is -2.08. The Morgan fingerprint density at radius 2 is 2.06 bits per heavy atom. The third-order valence-electron chi connectivity index (χ3n) is 3.14. The first-order valence-corrected chi connectivity index (χ1v) is 6.96. The molecule has 0 atom stereocenters. The maximum Gasteiger partial charge on any atom is 0.0960 e. The molecule has 1 aliphatic rings. The Morgan fingerprint density at radius 1 is 1.29 bits per heavy atom. The molecule has 0 unspecified atom stereocenters. The summed E-state index contributed by atoms with van der Waals surface area (Å²) in [5.41, 5.74) is 3.89. The van der Waals surface area contributed by atoms with Gasteiger partial charge in [0.2, 0.25) is 0 Å². The molecule has 17 heavy (non-hydrogen) atoms. The van der Waals surface area contributed by atoms with Crippen LogP contribution in [0.3, 0.4) is 0 Å². The summed E-state index contributed by atoms with van der Waals surface area (Å²) in [5.74, 6) is 0.518. The molecule has 3 rings (SSSR count). The minimum atomic E-state index is 0.411. The summed E-state index contributed by atoms with van der Waals surface area (Å²) < 4.78 is 2.13. The van der Waals surface area contributed by atoms with E-state index in [1.807, 2.05) is 17.5 Å². The Morgan fingerprint density at radius 3 is 2.71 bits per heavy atom. The maximum atomic E-state index is 4.76. The average Bonchev–Trinajstić information content (AvgIpc) is 2.84. The molecule has 0 radical (unpaired) electrons. The molecule has 0 bridgehead atoms. The van der Waals surface area contributed by atoms with Gasteiger partial charge in [0, 0.05) is 23.9 Å². The van der Waals surface area contributed by atoms with Crippen LogP contribution in [0.2, 0.25) is 0 Å². The molecule has 0 fully saturated rings. The van der Waals surface area contributed by atoms with Crippen LogP contribution in [-0.4, -0.2) is 14.8 Å². The van der Waals surface area contributed by atoms with E-state index in [0.717, 1.165) is 6.42 Å². The summed E-state index contributed by atoms with van der Waals surface area (Å²) in [6.45, 7) is 8.76. The average molecular weight is 247 g/mol. The number of fused-ring (bicyclic) bond motifs is 3. The quantitative estimate of drug-likeness (QED) is 0.692. The van der Waals surface area contributed by atoms with Crippen LogP contribution >= 0.6 is 11.3 Å². The number of aromatic nitrogens is 3. The van der Waals surface area contributed by atoms with Gasteiger partial charge in [-0.05, 0) is 13.8 Å². The lowest BCUT2D eigenvalue weighted by Crippen LogP contribution is -2.03. The molecule has 0 amide bonds. The molecule has 0 aromatic carbocycles. The summed E-state index contributed by atoms with van der Waals surface area (Å²) in [4.78, 5) is 6.10. The molecule has 2 aromatic heterocycles. The van der Waals surface area contributed by atoms with Gasteiger partial charge in [-0.15, -0.1) is 11.3 Å². The SMILES string of the molecule is CC(C)c1nc2c(s1)-c1c(cnn1C(C)C)C2. The molecule has 1 aliphatic carbocycles. The summed E-state index contributed by atoms with van der Waals surface area (Å²) in [6, 6.07) is 0.411. The largest absolute Gasteiger partial charge is 0.261 e. The lowest BCUT2D eigenvalue weighted by molar-refractivity contribution is 0.539. The number of hydrogen-bond acceptors (Lipinski definition) is 3. The molecule has 0 aliphatic heterocycles. The van der Waals surface area contributed by atoms with Gasteiger partial charge in [-0.1, -0.05) is 13.8 Å². The van der Waals surface area contributed by atoms with Crippen LogP contribution in [0.15, 0.2) is 6.20 Å². The van der Waals surface area contributed by atoms with Crippen molar-refractivity contribution >= 4 is 11.3 Å². The van der Waals surface area contributed by atoms with Crippen molar-refractivity contribution in [2.45, 2.75) is 46.1 Å². The molecule has 0 saturated carbocycles. The summed E-state index contributed by atoms with van der Waals surface area (Å²) in [6.07, 6.45) is 2.96. The second kappa shape index (κ2) is 3.67. The Labute approximate surface area is 106 Å². The predicted molar refractivity (Wildman–Crippen MR) is 70.6 cm³/mol. The zero-order valence-electron chi connectivity index (χ0n) is 10.7. The van der Waals surface area contributed by atoms with Gasteiger partial charge in [0.25, 0.3) is 0 Å². The zero-order chi connectivity index (χ0) is 12.2. The second-order valence-electron chi connectivity index (χ2n) is 5.22. The summed E-state index contributed by atoms with van der Waals surface area (Å²) in [7, 11) is 0. The van der Waals surface area contributed by atoms with Crippen LogP contribution in [0.5, 0.6) is 0 Å². The van der Waals surface area contributed by atoms with Crippen LogP contribution in [-0.2, 0) is 6.42 Å². The molecule has 2 aromatic rings. The monoisotopic (exact) mass is 247 g/mol. The van der Waals surface area contributed by atoms with E-state index in [1.165, 1.54) is 26.8 Å². The van der Waals surface area contributed by atoms with E-state index in [9.17, 15) is 0 Å². The highest BCUT2D eigenvalue weighted by Crippen LogP contribution is 2.42. The first kappa shape index (κ1) is 11.0. The van der Waals surface area contributed by atoms with Crippen molar-refractivity contribution in [2.24, 2.45) is 0 Å². The zero-order valence-corrected chi connectivity index (χ0v) is 11.5. The van der Waals surface area contributed by atoms with E-state index < -0.39 is 0 Å². The smallest absolute Gasteiger partial charge is 0.0960 e. The van der Waals surface area contributed by atoms with Gasteiger partial charge in [-0.3, -0.25) is 4.68 Å². The highest BCUT2D eigenvalue weighted by molar-refractivity contribution is 7.15. The van der Waals surface area contributed by atoms with Crippen LogP contribution in [0, 0.1) is 0 Å². The Bertz CT molecular complexity index is 563. The lowest BCUT2D eigenvalue weighted by atomic mass is 10.2. The molecule has 2 heterocycles. The van der Waals surface area contributed by atoms with E-state index in [1.54, 1.807) is 0 Å². The van der Waals surface area contributed by atoms with Crippen LogP contribution in [0.1, 0.15) is 55.9 Å². The fourth-order valence-electron chi connectivity index (χ4n) is 2.27. The minimum absolute atomic E-state index is 0.411. The number of nitrogens with zero attached hydrogens (tertiary/aromatic N) is 3. The number of hydrogen-bond donors (Lipinski definition) is 0. The minimum Gasteiger partial charge on any atom is -0.261 e. The van der Waals surface area contributed by atoms with Gasteiger partial charge < -0.3 is 0 Å². The topological polar surface area (TPSA) is 30.7 Å². The van der Waals surface area contributed by atoms with Crippen LogP contribution in [0.4, 0.5) is 0 Å². The maximum absolute atomic E-state index is 4.76. The third kappa shape index (κ3) is 1.54. The van der Waals surface area contributed by atoms with Crippen LogP contribution in [0.25, 0.3) is 10.6 Å². The predicted octanol–water partition coefficient (Wildman–Crippen LogP) is 3.62. The van der Waals surface area contributed by atoms with Crippen molar-refractivity contribution in [3.05, 3.63) is 22.5 Å². The molecule has 4 heteroatoms. The van der Waals surface area contributed by atoms with E-state index in [2.05, 4.69) is 37.5 Å². The fourth-order valence-corrected chi connectivity index (χ4v) is 3.43. The molecule has 0 spiro atoms. The number of thiazole rings is 1. The van der Waals surface area contributed by atoms with Crippen molar-refractivity contribution in [3.63, 3.8) is 0 Å². The van der Waals surface area contributed by atoms with Crippen molar-refractivity contribution < 1.29 is 0 Å². The van der Waals surface area contributed by atoms with Crippen molar-refractivity contribution in [1.29, 1.82) is 0 Å². The molecule has 0 N–H and O–H groups in total. The second-order valence-corrected chi connectivity index (χ2v) is 6.25. The summed E-state index contributed by atoms with van der Waals surface area (Å²) >= 11 is 1.84. The van der Waals surface area contributed by atoms with Gasteiger partial charge in [0.05, 0.1) is 27.5 Å². The van der Waals surface area contributed by atoms with E-state index in [4.69, 9.17) is 4.98 Å². The van der Waals surface area contributed by atoms with E-state index >= 15 is 0 Å². The van der Waals surface area contributed by atoms with Gasteiger partial charge in [0.1, 0.15) is 0 Å². The third-order valence-corrected chi connectivity index (χ3v) is 4.55. The van der Waals surface area contributed by atoms with Gasteiger partial charge >= 0.3 is 0 Å². The fraction of sp³-hybridized carbons (Fsp3) is 0.538. The van der Waals surface area contributed by atoms with E-state index in [-0.39, 0.29) is 0 Å². The van der Waals surface area contributed by atoms with E-state index in [0.29, 0.717) is 12.0 Å². The van der Waals surface area contributed by atoms with Gasteiger partial charge in [-0.2, -0.15) is 5.10 Å². The first-order valence-electron chi connectivity index (χ1n) is 6.14. The Hall–Kier alpha value is -1.16. The van der Waals surface area contributed by atoms with Gasteiger partial charge in [0.15, 0.2) is 0 Å². The summed E-state index contributed by atoms with van der Waals surface area (Å²) in [5, 5.41) is 5.73. The van der Waals surface area contributed by atoms with Gasteiger partial charge in [-0.25, -0.2) is 4.98 Å². The molecular weight excluding hydrogens is 230 g/mol. The molecular formula is C13H17N3S.